The summed E-state index contributed by atoms with van der Waals surface area (Å²) < 4.78 is 0. The summed E-state index contributed by atoms with van der Waals surface area (Å²) in [4.78, 5) is 32.3. The van der Waals surface area contributed by atoms with Crippen molar-refractivity contribution in [1.29, 1.82) is 0 Å². The Hall–Kier alpha value is -1.34. The molecule has 0 spiro atoms. The highest BCUT2D eigenvalue weighted by atomic mass is 32.2. The molecule has 2 heterocycles. The lowest BCUT2D eigenvalue weighted by Crippen LogP contribution is -2.28. The number of nitrogens with zero attached hydrogens (tertiary/aromatic N) is 1. The van der Waals surface area contributed by atoms with Gasteiger partial charge < -0.3 is 10.3 Å². The van der Waals surface area contributed by atoms with Crippen molar-refractivity contribution >= 4 is 39.2 Å². The molecule has 0 aliphatic carbocycles. The molecule has 0 fully saturated rings. The molecule has 2 rings (SSSR count). The Balaban J connectivity index is 2.03. The molecule has 2 aromatic heterocycles. The van der Waals surface area contributed by atoms with Crippen molar-refractivity contribution in [3.8, 4) is 0 Å². The summed E-state index contributed by atoms with van der Waals surface area (Å²) in [6.45, 7) is 6.68. The lowest BCUT2D eigenvalue weighted by atomic mass is 10.2. The quantitative estimate of drug-likeness (QED) is 0.655. The molecule has 0 saturated carbocycles. The van der Waals surface area contributed by atoms with E-state index in [0.717, 1.165) is 9.71 Å². The molecule has 0 aliphatic rings. The third-order valence-corrected chi connectivity index (χ3v) is 4.37. The lowest BCUT2D eigenvalue weighted by Gasteiger charge is -2.06. The van der Waals surface area contributed by atoms with Crippen LogP contribution in [0.4, 0.5) is 0 Å². The standard InChI is InChI=1S/C13H17N3O2S2/c1-7(2)5-14-10(17)6-19-13-15-11(18)9-4-8(3)20-12(9)16-13/h4,7H,5-6H2,1-3H3,(H,14,17)(H,15,16,18). The van der Waals surface area contributed by atoms with E-state index < -0.39 is 0 Å². The Bertz CT molecular complexity index is 676. The van der Waals surface area contributed by atoms with Crippen LogP contribution in [0.25, 0.3) is 10.2 Å². The maximum Gasteiger partial charge on any atom is 0.260 e. The summed E-state index contributed by atoms with van der Waals surface area (Å²) in [5.74, 6) is 0.632. The molecule has 2 aromatic rings. The highest BCUT2D eigenvalue weighted by Gasteiger charge is 2.09. The average molecular weight is 311 g/mol. The summed E-state index contributed by atoms with van der Waals surface area (Å²) in [6.07, 6.45) is 0. The number of thiophene rings is 1. The number of carbonyl (C=O) groups excluding carboxylic acids is 1. The molecule has 20 heavy (non-hydrogen) atoms. The van der Waals surface area contributed by atoms with E-state index in [1.54, 1.807) is 0 Å². The topological polar surface area (TPSA) is 74.8 Å². The summed E-state index contributed by atoms with van der Waals surface area (Å²) in [7, 11) is 0. The van der Waals surface area contributed by atoms with Crippen LogP contribution >= 0.6 is 23.1 Å². The lowest BCUT2D eigenvalue weighted by molar-refractivity contribution is -0.118. The minimum Gasteiger partial charge on any atom is -0.355 e. The van der Waals surface area contributed by atoms with Gasteiger partial charge in [0.1, 0.15) is 4.83 Å². The normalized spacial score (nSPS) is 11.2. The van der Waals surface area contributed by atoms with Gasteiger partial charge in [0.15, 0.2) is 5.16 Å². The van der Waals surface area contributed by atoms with Crippen molar-refractivity contribution in [3.63, 3.8) is 0 Å². The highest BCUT2D eigenvalue weighted by molar-refractivity contribution is 7.99. The van der Waals surface area contributed by atoms with E-state index in [1.807, 2.05) is 26.8 Å². The van der Waals surface area contributed by atoms with Crippen LogP contribution in [0.15, 0.2) is 16.0 Å². The zero-order valence-corrected chi connectivity index (χ0v) is 13.3. The first-order chi connectivity index (χ1) is 9.45. The van der Waals surface area contributed by atoms with Crippen molar-refractivity contribution in [2.24, 2.45) is 5.92 Å². The van der Waals surface area contributed by atoms with Crippen LogP contribution in [0.1, 0.15) is 18.7 Å². The fraction of sp³-hybridized carbons (Fsp3) is 0.462. The van der Waals surface area contributed by atoms with Crippen LogP contribution in [0.3, 0.4) is 0 Å². The maximum absolute atomic E-state index is 11.9. The molecular formula is C13H17N3O2S2. The number of aromatic nitrogens is 2. The Morgan fingerprint density at radius 2 is 2.30 bits per heavy atom. The maximum atomic E-state index is 11.9. The van der Waals surface area contributed by atoms with E-state index in [1.165, 1.54) is 23.1 Å². The van der Waals surface area contributed by atoms with Gasteiger partial charge >= 0.3 is 0 Å². The van der Waals surface area contributed by atoms with Crippen molar-refractivity contribution in [3.05, 3.63) is 21.3 Å². The number of amides is 1. The number of H-pyrrole nitrogens is 1. The van der Waals surface area contributed by atoms with E-state index in [0.29, 0.717) is 23.0 Å². The SMILES string of the molecule is Cc1cc2c(=O)[nH]c(SCC(=O)NCC(C)C)nc2s1. The van der Waals surface area contributed by atoms with Gasteiger partial charge in [-0.1, -0.05) is 25.6 Å². The number of nitrogens with one attached hydrogen (secondary N) is 2. The molecule has 0 aliphatic heterocycles. The van der Waals surface area contributed by atoms with Gasteiger partial charge in [0.2, 0.25) is 5.91 Å². The van der Waals surface area contributed by atoms with E-state index in [4.69, 9.17) is 0 Å². The number of fused-ring (bicyclic) bond motifs is 1. The van der Waals surface area contributed by atoms with Gasteiger partial charge in [-0.2, -0.15) is 0 Å². The van der Waals surface area contributed by atoms with Gasteiger partial charge in [0.05, 0.1) is 11.1 Å². The largest absolute Gasteiger partial charge is 0.355 e. The molecule has 0 saturated heterocycles. The zero-order chi connectivity index (χ0) is 14.7. The van der Waals surface area contributed by atoms with Crippen LogP contribution in [-0.4, -0.2) is 28.2 Å². The summed E-state index contributed by atoms with van der Waals surface area (Å²) in [5, 5.41) is 3.93. The van der Waals surface area contributed by atoms with Crippen molar-refractivity contribution in [2.45, 2.75) is 25.9 Å². The molecular weight excluding hydrogens is 294 g/mol. The minimum atomic E-state index is -0.149. The molecule has 2 N–H and O–H groups in total. The molecule has 0 aromatic carbocycles. The first-order valence-corrected chi connectivity index (χ1v) is 8.16. The van der Waals surface area contributed by atoms with Gasteiger partial charge in [0.25, 0.3) is 5.56 Å². The van der Waals surface area contributed by atoms with Crippen molar-refractivity contribution in [1.82, 2.24) is 15.3 Å². The predicted molar refractivity (Wildman–Crippen MR) is 83.5 cm³/mol. The predicted octanol–water partition coefficient (Wildman–Crippen LogP) is 2.16. The van der Waals surface area contributed by atoms with Gasteiger partial charge in [-0.25, -0.2) is 4.98 Å². The molecule has 0 radical (unpaired) electrons. The molecule has 7 heteroatoms. The summed E-state index contributed by atoms with van der Waals surface area (Å²) >= 11 is 2.73. The molecule has 5 nitrogen and oxygen atoms in total. The Morgan fingerprint density at radius 1 is 1.55 bits per heavy atom. The van der Waals surface area contributed by atoms with Crippen LogP contribution in [0.2, 0.25) is 0 Å². The minimum absolute atomic E-state index is 0.0474. The Morgan fingerprint density at radius 3 is 3.00 bits per heavy atom. The highest BCUT2D eigenvalue weighted by Crippen LogP contribution is 2.22. The average Bonchev–Trinajstić information content (AvgIpc) is 2.75. The third kappa shape index (κ3) is 3.83. The number of hydrogen-bond donors (Lipinski definition) is 2. The van der Waals surface area contributed by atoms with E-state index in [-0.39, 0.29) is 17.2 Å². The Kier molecular flexibility index (Phi) is 4.82. The number of hydrogen-bond acceptors (Lipinski definition) is 5. The first-order valence-electron chi connectivity index (χ1n) is 6.35. The third-order valence-electron chi connectivity index (χ3n) is 2.55. The summed E-state index contributed by atoms with van der Waals surface area (Å²) in [5.41, 5.74) is -0.149. The van der Waals surface area contributed by atoms with Crippen molar-refractivity contribution < 1.29 is 4.79 Å². The van der Waals surface area contributed by atoms with Crippen LogP contribution in [0.5, 0.6) is 0 Å². The number of aromatic amines is 1. The zero-order valence-electron chi connectivity index (χ0n) is 11.6. The smallest absolute Gasteiger partial charge is 0.260 e. The second-order valence-corrected chi connectivity index (χ2v) is 7.13. The molecule has 0 bridgehead atoms. The van der Waals surface area contributed by atoms with Crippen LogP contribution < -0.4 is 10.9 Å². The van der Waals surface area contributed by atoms with Gasteiger partial charge in [0, 0.05) is 11.4 Å². The monoisotopic (exact) mass is 311 g/mol. The number of carbonyl (C=O) groups is 1. The molecule has 1 amide bonds. The number of aryl methyl sites for hydroxylation is 1. The Labute approximate surface area is 125 Å². The second-order valence-electron chi connectivity index (χ2n) is 4.93. The van der Waals surface area contributed by atoms with E-state index >= 15 is 0 Å². The van der Waals surface area contributed by atoms with Gasteiger partial charge in [-0.15, -0.1) is 11.3 Å². The second kappa shape index (κ2) is 6.41. The van der Waals surface area contributed by atoms with Gasteiger partial charge in [-0.3, -0.25) is 9.59 Å². The van der Waals surface area contributed by atoms with E-state index in [9.17, 15) is 9.59 Å². The number of thioether (sulfide) groups is 1. The molecule has 0 unspecified atom stereocenters. The van der Waals surface area contributed by atoms with Gasteiger partial charge in [-0.05, 0) is 18.9 Å². The fourth-order valence-electron chi connectivity index (χ4n) is 1.60. The van der Waals surface area contributed by atoms with Crippen molar-refractivity contribution in [2.75, 3.05) is 12.3 Å². The fourth-order valence-corrected chi connectivity index (χ4v) is 3.23. The van der Waals surface area contributed by atoms with Crippen LogP contribution in [0, 0.1) is 12.8 Å². The summed E-state index contributed by atoms with van der Waals surface area (Å²) in [6, 6.07) is 1.83. The first kappa shape index (κ1) is 15.1. The molecule has 0 atom stereocenters. The molecule has 108 valence electrons. The number of rotatable bonds is 5. The van der Waals surface area contributed by atoms with Crippen LogP contribution in [-0.2, 0) is 4.79 Å². The van der Waals surface area contributed by atoms with E-state index in [2.05, 4.69) is 15.3 Å².